The summed E-state index contributed by atoms with van der Waals surface area (Å²) in [5.41, 5.74) is -0.303. The van der Waals surface area contributed by atoms with Gasteiger partial charge in [0.2, 0.25) is 5.92 Å². The predicted octanol–water partition coefficient (Wildman–Crippen LogP) is 3.33. The molecule has 2 rings (SSSR count). The molecule has 1 N–H and O–H groups in total. The molecule has 5 heteroatoms. The third-order valence-corrected chi connectivity index (χ3v) is 3.69. The zero-order valence-electron chi connectivity index (χ0n) is 9.30. The summed E-state index contributed by atoms with van der Waals surface area (Å²) < 4.78 is 26.9. The lowest BCUT2D eigenvalue weighted by molar-refractivity contribution is -0.103. The minimum absolute atomic E-state index is 0.133. The Bertz CT molecular complexity index is 401. The summed E-state index contributed by atoms with van der Waals surface area (Å²) in [5, 5.41) is 10.3. The fourth-order valence-corrected chi connectivity index (χ4v) is 2.52. The van der Waals surface area contributed by atoms with Gasteiger partial charge in [-0.05, 0) is 25.0 Å². The van der Waals surface area contributed by atoms with Gasteiger partial charge in [0.05, 0.1) is 5.60 Å². The molecule has 1 saturated carbocycles. The van der Waals surface area contributed by atoms with Crippen molar-refractivity contribution in [2.24, 2.45) is 0 Å². The molecule has 1 aromatic rings. The van der Waals surface area contributed by atoms with Crippen LogP contribution in [-0.4, -0.2) is 21.6 Å². The van der Waals surface area contributed by atoms with Crippen molar-refractivity contribution in [1.82, 2.24) is 4.98 Å². The van der Waals surface area contributed by atoms with Crippen molar-refractivity contribution < 1.29 is 13.9 Å². The monoisotopic (exact) mass is 305 g/mol. The number of aliphatic hydroxyl groups is 1. The molecule has 1 heterocycles. The number of hydrogen-bond acceptors (Lipinski definition) is 2. The molecule has 1 fully saturated rings. The molecule has 0 spiro atoms. The van der Waals surface area contributed by atoms with Crippen LogP contribution >= 0.6 is 15.9 Å². The number of hydrogen-bond donors (Lipinski definition) is 1. The molecule has 1 aliphatic carbocycles. The van der Waals surface area contributed by atoms with Crippen LogP contribution in [0.3, 0.4) is 0 Å². The summed E-state index contributed by atoms with van der Waals surface area (Å²) in [6.07, 6.45) is 1.76. The molecule has 17 heavy (non-hydrogen) atoms. The minimum Gasteiger partial charge on any atom is -0.389 e. The van der Waals surface area contributed by atoms with Gasteiger partial charge in [-0.15, -0.1) is 0 Å². The quantitative estimate of drug-likeness (QED) is 0.909. The Morgan fingerprint density at radius 2 is 1.94 bits per heavy atom. The highest BCUT2D eigenvalue weighted by Crippen LogP contribution is 2.39. The molecule has 0 amide bonds. The van der Waals surface area contributed by atoms with Gasteiger partial charge < -0.3 is 5.11 Å². The van der Waals surface area contributed by atoms with Crippen molar-refractivity contribution in [3.8, 4) is 0 Å². The van der Waals surface area contributed by atoms with Gasteiger partial charge in [0, 0.05) is 35.6 Å². The molecule has 0 atom stereocenters. The molecule has 1 aliphatic rings. The summed E-state index contributed by atoms with van der Waals surface area (Å²) in [6, 6.07) is 3.60. The first kappa shape index (κ1) is 12.9. The van der Waals surface area contributed by atoms with Gasteiger partial charge in [-0.25, -0.2) is 8.78 Å². The first-order valence-electron chi connectivity index (χ1n) is 5.59. The van der Waals surface area contributed by atoms with Crippen LogP contribution in [0.1, 0.15) is 31.4 Å². The van der Waals surface area contributed by atoms with E-state index < -0.39 is 11.5 Å². The van der Waals surface area contributed by atoms with E-state index in [4.69, 9.17) is 0 Å². The lowest BCUT2D eigenvalue weighted by Gasteiger charge is -2.35. The van der Waals surface area contributed by atoms with E-state index in [1.807, 2.05) is 6.07 Å². The molecular weight excluding hydrogens is 292 g/mol. The maximum Gasteiger partial charge on any atom is 0.248 e. The van der Waals surface area contributed by atoms with Gasteiger partial charge in [-0.1, -0.05) is 15.9 Å². The van der Waals surface area contributed by atoms with E-state index in [2.05, 4.69) is 20.9 Å². The highest BCUT2D eigenvalue weighted by molar-refractivity contribution is 9.10. The Labute approximate surface area is 107 Å². The average molecular weight is 306 g/mol. The van der Waals surface area contributed by atoms with Crippen LogP contribution in [0.15, 0.2) is 22.8 Å². The van der Waals surface area contributed by atoms with E-state index in [1.54, 1.807) is 12.3 Å². The van der Waals surface area contributed by atoms with Crippen molar-refractivity contribution in [2.75, 3.05) is 0 Å². The Kier molecular flexibility index (Phi) is 3.50. The maximum atomic E-state index is 13.0. The van der Waals surface area contributed by atoms with Crippen LogP contribution in [0.25, 0.3) is 0 Å². The summed E-state index contributed by atoms with van der Waals surface area (Å²) in [5.74, 6) is -2.61. The number of aromatic nitrogens is 1. The molecule has 94 valence electrons. The second-order valence-electron chi connectivity index (χ2n) is 4.72. The van der Waals surface area contributed by atoms with E-state index in [1.165, 1.54) is 0 Å². The number of rotatable bonds is 2. The molecule has 2 nitrogen and oxygen atoms in total. The summed E-state index contributed by atoms with van der Waals surface area (Å²) in [6.45, 7) is 0. The van der Waals surface area contributed by atoms with Gasteiger partial charge in [0.25, 0.3) is 0 Å². The first-order valence-corrected chi connectivity index (χ1v) is 6.39. The van der Waals surface area contributed by atoms with Crippen LogP contribution in [0.2, 0.25) is 0 Å². The Balaban J connectivity index is 2.04. The van der Waals surface area contributed by atoms with Gasteiger partial charge >= 0.3 is 0 Å². The van der Waals surface area contributed by atoms with Gasteiger partial charge in [0.1, 0.15) is 0 Å². The highest BCUT2D eigenvalue weighted by atomic mass is 79.9. The van der Waals surface area contributed by atoms with Crippen LogP contribution in [0, 0.1) is 0 Å². The van der Waals surface area contributed by atoms with Crippen LogP contribution < -0.4 is 0 Å². The zero-order chi connectivity index (χ0) is 12.5. The van der Waals surface area contributed by atoms with Gasteiger partial charge in [-0.3, -0.25) is 4.98 Å². The lowest BCUT2D eigenvalue weighted by Crippen LogP contribution is -2.40. The molecule has 0 bridgehead atoms. The second kappa shape index (κ2) is 4.61. The third kappa shape index (κ3) is 3.45. The lowest BCUT2D eigenvalue weighted by atomic mass is 9.80. The fraction of sp³-hybridized carbons (Fsp3) is 0.583. The molecular formula is C12H14BrF2NO. The van der Waals surface area contributed by atoms with Crippen LogP contribution in [0.5, 0.6) is 0 Å². The third-order valence-electron chi connectivity index (χ3n) is 3.20. The van der Waals surface area contributed by atoms with Crippen molar-refractivity contribution in [3.05, 3.63) is 28.5 Å². The fourth-order valence-electron chi connectivity index (χ4n) is 2.14. The van der Waals surface area contributed by atoms with Crippen molar-refractivity contribution in [3.63, 3.8) is 0 Å². The SMILES string of the molecule is OC1(Cc2cc(Br)ccn2)CCC(F)(F)CC1. The largest absolute Gasteiger partial charge is 0.389 e. The predicted molar refractivity (Wildman–Crippen MR) is 64.0 cm³/mol. The zero-order valence-corrected chi connectivity index (χ0v) is 10.9. The first-order chi connectivity index (χ1) is 7.89. The molecule has 0 unspecified atom stereocenters. The van der Waals surface area contributed by atoms with Crippen LogP contribution in [0.4, 0.5) is 8.78 Å². The molecule has 0 saturated heterocycles. The van der Waals surface area contributed by atoms with Gasteiger partial charge in [0.15, 0.2) is 0 Å². The smallest absolute Gasteiger partial charge is 0.248 e. The summed E-state index contributed by atoms with van der Waals surface area (Å²) in [4.78, 5) is 4.14. The standard InChI is InChI=1S/C12H14BrF2NO/c13-9-1-6-16-10(7-9)8-11(17)2-4-12(14,15)5-3-11/h1,6-7,17H,2-5,8H2. The van der Waals surface area contributed by atoms with E-state index >= 15 is 0 Å². The van der Waals surface area contributed by atoms with E-state index in [-0.39, 0.29) is 25.7 Å². The highest BCUT2D eigenvalue weighted by Gasteiger charge is 2.42. The van der Waals surface area contributed by atoms with Gasteiger partial charge in [-0.2, -0.15) is 0 Å². The number of pyridine rings is 1. The maximum absolute atomic E-state index is 13.0. The topological polar surface area (TPSA) is 33.1 Å². The summed E-state index contributed by atoms with van der Waals surface area (Å²) in [7, 11) is 0. The number of nitrogens with zero attached hydrogens (tertiary/aromatic N) is 1. The van der Waals surface area contributed by atoms with E-state index in [0.717, 1.165) is 10.2 Å². The Morgan fingerprint density at radius 1 is 1.29 bits per heavy atom. The number of halogens is 3. The Hall–Kier alpha value is -0.550. The molecule has 0 aliphatic heterocycles. The average Bonchev–Trinajstić information content (AvgIpc) is 2.24. The van der Waals surface area contributed by atoms with Crippen molar-refractivity contribution in [2.45, 2.75) is 43.6 Å². The van der Waals surface area contributed by atoms with Crippen molar-refractivity contribution >= 4 is 15.9 Å². The van der Waals surface area contributed by atoms with E-state index in [0.29, 0.717) is 6.42 Å². The molecule has 0 radical (unpaired) electrons. The number of alkyl halides is 2. The molecule has 0 aromatic carbocycles. The minimum atomic E-state index is -2.61. The van der Waals surface area contributed by atoms with Crippen LogP contribution in [-0.2, 0) is 6.42 Å². The molecule has 1 aromatic heterocycles. The van der Waals surface area contributed by atoms with E-state index in [9.17, 15) is 13.9 Å². The normalized spacial score (nSPS) is 22.4. The summed E-state index contributed by atoms with van der Waals surface area (Å²) >= 11 is 3.32. The Morgan fingerprint density at radius 3 is 2.53 bits per heavy atom. The second-order valence-corrected chi connectivity index (χ2v) is 5.64. The van der Waals surface area contributed by atoms with Crippen molar-refractivity contribution in [1.29, 1.82) is 0 Å².